The third-order valence-corrected chi connectivity index (χ3v) is 4.86. The minimum atomic E-state index is -0.127. The van der Waals surface area contributed by atoms with Gasteiger partial charge in [-0.3, -0.25) is 9.48 Å². The Morgan fingerprint density at radius 1 is 1.38 bits per heavy atom. The molecule has 0 aliphatic heterocycles. The normalized spacial score (nSPS) is 12.1. The average molecular weight is 362 g/mol. The summed E-state index contributed by atoms with van der Waals surface area (Å²) < 4.78 is 1.68. The van der Waals surface area contributed by atoms with Gasteiger partial charge in [0.15, 0.2) is 0 Å². The van der Waals surface area contributed by atoms with Crippen molar-refractivity contribution in [3.8, 4) is 10.6 Å². The van der Waals surface area contributed by atoms with Crippen molar-refractivity contribution >= 4 is 28.8 Å². The number of carbonyl (C=O) groups excluding carboxylic acids is 1. The number of nitrogens with one attached hydrogen (secondary N) is 1. The van der Waals surface area contributed by atoms with Crippen LogP contribution < -0.4 is 5.32 Å². The molecule has 0 fully saturated rings. The Morgan fingerprint density at radius 3 is 2.79 bits per heavy atom. The van der Waals surface area contributed by atoms with E-state index in [0.29, 0.717) is 16.4 Å². The third kappa shape index (κ3) is 3.80. The molecular weight excluding hydrogens is 346 g/mol. The summed E-state index contributed by atoms with van der Waals surface area (Å²) in [4.78, 5) is 21.5. The van der Waals surface area contributed by atoms with Gasteiger partial charge in [-0.1, -0.05) is 23.7 Å². The predicted octanol–water partition coefficient (Wildman–Crippen LogP) is 3.18. The van der Waals surface area contributed by atoms with Crippen molar-refractivity contribution < 1.29 is 4.79 Å². The van der Waals surface area contributed by atoms with Gasteiger partial charge in [-0.15, -0.1) is 11.3 Å². The Balaban J connectivity index is 1.72. The van der Waals surface area contributed by atoms with E-state index < -0.39 is 0 Å². The van der Waals surface area contributed by atoms with Crippen LogP contribution >= 0.6 is 22.9 Å². The number of halogens is 1. The van der Waals surface area contributed by atoms with Crippen molar-refractivity contribution in [1.82, 2.24) is 25.1 Å². The number of nitrogens with zero attached hydrogens (tertiary/aromatic N) is 4. The van der Waals surface area contributed by atoms with E-state index in [0.717, 1.165) is 16.3 Å². The molecule has 0 aliphatic carbocycles. The van der Waals surface area contributed by atoms with Gasteiger partial charge in [0.05, 0.1) is 12.2 Å². The van der Waals surface area contributed by atoms with Gasteiger partial charge in [0, 0.05) is 16.6 Å². The molecule has 24 heavy (non-hydrogen) atoms. The Morgan fingerprint density at radius 2 is 2.12 bits per heavy atom. The van der Waals surface area contributed by atoms with Crippen LogP contribution in [0.1, 0.15) is 22.3 Å². The first-order valence-corrected chi connectivity index (χ1v) is 8.59. The van der Waals surface area contributed by atoms with Crippen LogP contribution in [0.3, 0.4) is 0 Å². The van der Waals surface area contributed by atoms with Crippen LogP contribution in [-0.4, -0.2) is 31.7 Å². The van der Waals surface area contributed by atoms with Crippen LogP contribution in [0.25, 0.3) is 10.6 Å². The first kappa shape index (κ1) is 16.6. The monoisotopic (exact) mass is 361 g/mol. The molecule has 0 aliphatic rings. The van der Waals surface area contributed by atoms with E-state index in [2.05, 4.69) is 20.4 Å². The molecular formula is C16H16ClN5OS. The summed E-state index contributed by atoms with van der Waals surface area (Å²) in [5.74, 6) is -0.127. The molecule has 0 saturated heterocycles. The van der Waals surface area contributed by atoms with Gasteiger partial charge < -0.3 is 5.32 Å². The van der Waals surface area contributed by atoms with Crippen LogP contribution in [0.15, 0.2) is 36.9 Å². The second kappa shape index (κ2) is 7.11. The number of rotatable bonds is 5. The number of aryl methyl sites for hydroxylation is 1. The summed E-state index contributed by atoms with van der Waals surface area (Å²) in [6.45, 7) is 4.33. The van der Waals surface area contributed by atoms with E-state index in [1.54, 1.807) is 11.0 Å². The Labute approximate surface area is 148 Å². The smallest absolute Gasteiger partial charge is 0.263 e. The second-order valence-electron chi connectivity index (χ2n) is 5.43. The van der Waals surface area contributed by atoms with Crippen molar-refractivity contribution in [2.75, 3.05) is 0 Å². The summed E-state index contributed by atoms with van der Waals surface area (Å²) in [5.41, 5.74) is 1.66. The number of amides is 1. The first-order chi connectivity index (χ1) is 11.5. The van der Waals surface area contributed by atoms with Gasteiger partial charge in [0.25, 0.3) is 5.91 Å². The molecule has 124 valence electrons. The summed E-state index contributed by atoms with van der Waals surface area (Å²) in [7, 11) is 0. The zero-order chi connectivity index (χ0) is 17.1. The van der Waals surface area contributed by atoms with Crippen LogP contribution in [0.4, 0.5) is 0 Å². The van der Waals surface area contributed by atoms with Crippen molar-refractivity contribution in [2.24, 2.45) is 0 Å². The molecule has 0 bridgehead atoms. The molecule has 0 unspecified atom stereocenters. The van der Waals surface area contributed by atoms with Gasteiger partial charge in [-0.2, -0.15) is 5.10 Å². The van der Waals surface area contributed by atoms with Crippen LogP contribution in [0.2, 0.25) is 5.02 Å². The third-order valence-electron chi connectivity index (χ3n) is 3.40. The first-order valence-electron chi connectivity index (χ1n) is 7.39. The van der Waals surface area contributed by atoms with Gasteiger partial charge in [-0.25, -0.2) is 9.97 Å². The molecule has 0 radical (unpaired) electrons. The number of hydrogen-bond acceptors (Lipinski definition) is 5. The number of thiazole rings is 1. The van der Waals surface area contributed by atoms with E-state index >= 15 is 0 Å². The highest BCUT2D eigenvalue weighted by molar-refractivity contribution is 7.17. The lowest BCUT2D eigenvalue weighted by Gasteiger charge is -2.12. The van der Waals surface area contributed by atoms with E-state index in [-0.39, 0.29) is 11.9 Å². The van der Waals surface area contributed by atoms with Crippen LogP contribution in [0.5, 0.6) is 0 Å². The maximum atomic E-state index is 12.5. The van der Waals surface area contributed by atoms with E-state index in [1.807, 2.05) is 38.1 Å². The molecule has 6 nitrogen and oxygen atoms in total. The van der Waals surface area contributed by atoms with E-state index in [4.69, 9.17) is 11.6 Å². The molecule has 3 aromatic rings. The molecule has 8 heteroatoms. The fourth-order valence-corrected chi connectivity index (χ4v) is 3.37. The maximum Gasteiger partial charge on any atom is 0.263 e. The van der Waals surface area contributed by atoms with Crippen molar-refractivity contribution in [2.45, 2.75) is 26.4 Å². The maximum absolute atomic E-state index is 12.5. The fourth-order valence-electron chi connectivity index (χ4n) is 2.27. The van der Waals surface area contributed by atoms with E-state index in [1.165, 1.54) is 17.7 Å². The molecule has 2 heterocycles. The Bertz CT molecular complexity index is 829. The number of carbonyl (C=O) groups is 1. The van der Waals surface area contributed by atoms with Gasteiger partial charge in [0.1, 0.15) is 22.5 Å². The molecule has 1 amide bonds. The molecule has 0 saturated carbocycles. The molecule has 2 aromatic heterocycles. The van der Waals surface area contributed by atoms with Gasteiger partial charge in [-0.05, 0) is 26.0 Å². The van der Waals surface area contributed by atoms with Gasteiger partial charge in [0.2, 0.25) is 0 Å². The molecule has 0 spiro atoms. The number of hydrogen-bond donors (Lipinski definition) is 1. The van der Waals surface area contributed by atoms with Crippen molar-refractivity contribution in [3.63, 3.8) is 0 Å². The lowest BCUT2D eigenvalue weighted by Crippen LogP contribution is -2.35. The van der Waals surface area contributed by atoms with Crippen LogP contribution in [0, 0.1) is 6.92 Å². The fraction of sp³-hybridized carbons (Fsp3) is 0.250. The lowest BCUT2D eigenvalue weighted by atomic mass is 10.2. The van der Waals surface area contributed by atoms with Crippen LogP contribution in [-0.2, 0) is 6.54 Å². The number of aromatic nitrogens is 4. The lowest BCUT2D eigenvalue weighted by molar-refractivity contribution is 0.0939. The highest BCUT2D eigenvalue weighted by Gasteiger charge is 2.18. The largest absolute Gasteiger partial charge is 0.347 e. The predicted molar refractivity (Wildman–Crippen MR) is 94.2 cm³/mol. The summed E-state index contributed by atoms with van der Waals surface area (Å²) in [6, 6.07) is 7.35. The second-order valence-corrected chi connectivity index (χ2v) is 6.87. The zero-order valence-corrected chi connectivity index (χ0v) is 14.8. The highest BCUT2D eigenvalue weighted by Crippen LogP contribution is 2.28. The van der Waals surface area contributed by atoms with E-state index in [9.17, 15) is 4.79 Å². The minimum absolute atomic E-state index is 0.0697. The Kier molecular flexibility index (Phi) is 4.92. The topological polar surface area (TPSA) is 72.7 Å². The van der Waals surface area contributed by atoms with Crippen molar-refractivity contribution in [3.05, 3.63) is 52.5 Å². The Hall–Kier alpha value is -2.25. The summed E-state index contributed by atoms with van der Waals surface area (Å²) >= 11 is 7.28. The molecule has 1 N–H and O–H groups in total. The standard InChI is InChI=1S/C16H16ClN5OS/c1-10(7-22-9-18-8-19-22)20-15(23)14-11(2)21-16(24-14)12-3-5-13(17)6-4-12/h3-6,8-10H,7H2,1-2H3,(H,20,23)/t10-/m1/s1. The number of benzene rings is 1. The SMILES string of the molecule is Cc1nc(-c2ccc(Cl)cc2)sc1C(=O)N[C@H](C)Cn1cncn1. The van der Waals surface area contributed by atoms with Crippen molar-refractivity contribution in [1.29, 1.82) is 0 Å². The highest BCUT2D eigenvalue weighted by atomic mass is 35.5. The summed E-state index contributed by atoms with van der Waals surface area (Å²) in [6.07, 6.45) is 3.10. The van der Waals surface area contributed by atoms with Gasteiger partial charge >= 0.3 is 0 Å². The molecule has 1 aromatic carbocycles. The molecule has 3 rings (SSSR count). The minimum Gasteiger partial charge on any atom is -0.347 e. The summed E-state index contributed by atoms with van der Waals surface area (Å²) in [5, 5.41) is 8.49. The molecule has 1 atom stereocenters. The zero-order valence-electron chi connectivity index (χ0n) is 13.2. The average Bonchev–Trinajstić information content (AvgIpc) is 3.17. The quantitative estimate of drug-likeness (QED) is 0.757.